The molecule has 0 radical (unpaired) electrons. The number of hydrogen-bond acceptors (Lipinski definition) is 3. The fourth-order valence-corrected chi connectivity index (χ4v) is 2.49. The molecule has 2 unspecified atom stereocenters. The molecule has 0 bridgehead atoms. The Bertz CT molecular complexity index is 491. The maximum Gasteiger partial charge on any atom is 0.254 e. The number of carbonyl (C=O) groups is 1. The summed E-state index contributed by atoms with van der Waals surface area (Å²) in [5.74, 6) is -1.07. The number of nitrogens with two attached hydrogens (primary N) is 1. The Hall–Kier alpha value is -1.62. The van der Waals surface area contributed by atoms with Gasteiger partial charge in [-0.3, -0.25) is 4.79 Å². The number of aliphatic hydroxyl groups excluding tert-OH is 1. The minimum Gasteiger partial charge on any atom is -0.399 e. The first-order valence-corrected chi connectivity index (χ1v) is 6.53. The van der Waals surface area contributed by atoms with E-state index >= 15 is 0 Å². The maximum atomic E-state index is 13.9. The van der Waals surface area contributed by atoms with Crippen molar-refractivity contribution in [1.29, 1.82) is 0 Å². The highest BCUT2D eigenvalue weighted by Gasteiger charge is 2.26. The predicted octanol–water partition coefficient (Wildman–Crippen LogP) is 1.75. The molecule has 4 nitrogen and oxygen atoms in total. The summed E-state index contributed by atoms with van der Waals surface area (Å²) in [6.45, 7) is 1.57. The van der Waals surface area contributed by atoms with Crippen molar-refractivity contribution in [1.82, 2.24) is 5.32 Å². The van der Waals surface area contributed by atoms with Crippen molar-refractivity contribution in [2.45, 2.75) is 44.8 Å². The van der Waals surface area contributed by atoms with E-state index in [-0.39, 0.29) is 11.6 Å². The van der Waals surface area contributed by atoms with Crippen molar-refractivity contribution >= 4 is 11.6 Å². The Morgan fingerprint density at radius 3 is 2.79 bits per heavy atom. The zero-order valence-corrected chi connectivity index (χ0v) is 10.9. The fraction of sp³-hybridized carbons (Fsp3) is 0.500. The summed E-state index contributed by atoms with van der Waals surface area (Å²) >= 11 is 0. The molecule has 19 heavy (non-hydrogen) atoms. The van der Waals surface area contributed by atoms with E-state index in [0.717, 1.165) is 19.3 Å². The van der Waals surface area contributed by atoms with Crippen LogP contribution in [0.15, 0.2) is 12.1 Å². The molecule has 0 heterocycles. The highest BCUT2D eigenvalue weighted by molar-refractivity contribution is 5.95. The van der Waals surface area contributed by atoms with Gasteiger partial charge in [0.05, 0.1) is 17.7 Å². The van der Waals surface area contributed by atoms with Crippen LogP contribution in [0.5, 0.6) is 0 Å². The van der Waals surface area contributed by atoms with Crippen molar-refractivity contribution < 1.29 is 14.3 Å². The van der Waals surface area contributed by atoms with Gasteiger partial charge in [-0.15, -0.1) is 0 Å². The molecule has 1 aliphatic carbocycles. The van der Waals surface area contributed by atoms with Crippen LogP contribution in [0.25, 0.3) is 0 Å². The Kier molecular flexibility index (Phi) is 4.04. The number of carbonyl (C=O) groups excluding carboxylic acids is 1. The van der Waals surface area contributed by atoms with Gasteiger partial charge in [-0.2, -0.15) is 0 Å². The van der Waals surface area contributed by atoms with Gasteiger partial charge >= 0.3 is 0 Å². The Morgan fingerprint density at radius 1 is 1.42 bits per heavy atom. The van der Waals surface area contributed by atoms with Gasteiger partial charge in [-0.1, -0.05) is 12.8 Å². The van der Waals surface area contributed by atoms with Crippen molar-refractivity contribution in [3.8, 4) is 0 Å². The van der Waals surface area contributed by atoms with Crippen LogP contribution >= 0.6 is 0 Å². The number of halogens is 1. The molecule has 1 amide bonds. The number of benzene rings is 1. The molecule has 0 spiro atoms. The maximum absolute atomic E-state index is 13.9. The second-order valence-corrected chi connectivity index (χ2v) is 5.13. The van der Waals surface area contributed by atoms with Crippen LogP contribution in [0.2, 0.25) is 0 Å². The minimum atomic E-state index is -0.558. The molecular weight excluding hydrogens is 247 g/mol. The highest BCUT2D eigenvalue weighted by Crippen LogP contribution is 2.21. The largest absolute Gasteiger partial charge is 0.399 e. The number of aryl methyl sites for hydroxylation is 1. The molecular formula is C14H19FN2O2. The lowest BCUT2D eigenvalue weighted by molar-refractivity contribution is 0.0714. The smallest absolute Gasteiger partial charge is 0.254 e. The van der Waals surface area contributed by atoms with Crippen molar-refractivity contribution in [2.75, 3.05) is 5.73 Å². The van der Waals surface area contributed by atoms with Gasteiger partial charge in [0.2, 0.25) is 0 Å². The number of amides is 1. The molecule has 104 valence electrons. The van der Waals surface area contributed by atoms with E-state index in [1.54, 1.807) is 6.92 Å². The number of anilines is 1. The van der Waals surface area contributed by atoms with Gasteiger partial charge in [0, 0.05) is 5.69 Å². The van der Waals surface area contributed by atoms with Gasteiger partial charge in [-0.05, 0) is 37.5 Å². The lowest BCUT2D eigenvalue weighted by Crippen LogP contribution is -2.45. The molecule has 0 aliphatic heterocycles. The van der Waals surface area contributed by atoms with E-state index in [9.17, 15) is 14.3 Å². The monoisotopic (exact) mass is 266 g/mol. The molecule has 5 heteroatoms. The van der Waals surface area contributed by atoms with Crippen molar-refractivity contribution in [3.05, 3.63) is 29.1 Å². The average Bonchev–Trinajstić information content (AvgIpc) is 2.36. The fourth-order valence-electron chi connectivity index (χ4n) is 2.49. The molecule has 1 saturated carbocycles. The summed E-state index contributed by atoms with van der Waals surface area (Å²) in [7, 11) is 0. The molecule has 0 saturated heterocycles. The molecule has 0 aromatic heterocycles. The third-order valence-electron chi connectivity index (χ3n) is 3.57. The van der Waals surface area contributed by atoms with E-state index in [0.29, 0.717) is 17.7 Å². The van der Waals surface area contributed by atoms with Gasteiger partial charge < -0.3 is 16.2 Å². The summed E-state index contributed by atoms with van der Waals surface area (Å²) < 4.78 is 13.9. The third-order valence-corrected chi connectivity index (χ3v) is 3.57. The number of hydrogen-bond donors (Lipinski definition) is 3. The second-order valence-electron chi connectivity index (χ2n) is 5.13. The molecule has 1 fully saturated rings. The number of nitrogen functional groups attached to an aromatic ring is 1. The quantitative estimate of drug-likeness (QED) is 0.714. The molecule has 4 N–H and O–H groups in total. The van der Waals surface area contributed by atoms with Gasteiger partial charge in [0.1, 0.15) is 5.82 Å². The molecule has 1 aromatic carbocycles. The first-order valence-electron chi connectivity index (χ1n) is 6.53. The Labute approximate surface area is 111 Å². The number of rotatable bonds is 2. The zero-order valence-electron chi connectivity index (χ0n) is 10.9. The van der Waals surface area contributed by atoms with E-state index < -0.39 is 17.8 Å². The van der Waals surface area contributed by atoms with Crippen LogP contribution in [-0.4, -0.2) is 23.2 Å². The zero-order chi connectivity index (χ0) is 14.0. The molecule has 1 aliphatic rings. The summed E-state index contributed by atoms with van der Waals surface area (Å²) in [5.41, 5.74) is 6.27. The second kappa shape index (κ2) is 5.57. The average molecular weight is 266 g/mol. The molecule has 1 aromatic rings. The van der Waals surface area contributed by atoms with E-state index in [4.69, 9.17) is 5.73 Å². The normalized spacial score (nSPS) is 23.1. The lowest BCUT2D eigenvalue weighted by Gasteiger charge is -2.28. The molecule has 2 rings (SSSR count). The van der Waals surface area contributed by atoms with Crippen molar-refractivity contribution in [3.63, 3.8) is 0 Å². The van der Waals surface area contributed by atoms with Crippen LogP contribution in [0.3, 0.4) is 0 Å². The van der Waals surface area contributed by atoms with Gasteiger partial charge in [0.15, 0.2) is 0 Å². The summed E-state index contributed by atoms with van der Waals surface area (Å²) in [6, 6.07) is 2.51. The Balaban J connectivity index is 2.15. The van der Waals surface area contributed by atoms with Crippen LogP contribution in [-0.2, 0) is 0 Å². The molecule has 2 atom stereocenters. The van der Waals surface area contributed by atoms with Crippen LogP contribution in [0.1, 0.15) is 41.6 Å². The number of nitrogens with one attached hydrogen (secondary N) is 1. The van der Waals surface area contributed by atoms with Gasteiger partial charge in [0.25, 0.3) is 5.91 Å². The van der Waals surface area contributed by atoms with E-state index in [1.165, 1.54) is 12.1 Å². The van der Waals surface area contributed by atoms with Crippen molar-refractivity contribution in [2.24, 2.45) is 0 Å². The van der Waals surface area contributed by atoms with E-state index in [1.807, 2.05) is 0 Å². The Morgan fingerprint density at radius 2 is 2.11 bits per heavy atom. The SMILES string of the molecule is Cc1cc(N)cc(C(=O)NC2CCCCC2O)c1F. The summed E-state index contributed by atoms with van der Waals surface area (Å²) in [4.78, 5) is 12.1. The minimum absolute atomic E-state index is 0.0599. The highest BCUT2D eigenvalue weighted by atomic mass is 19.1. The van der Waals surface area contributed by atoms with E-state index in [2.05, 4.69) is 5.32 Å². The summed E-state index contributed by atoms with van der Waals surface area (Å²) in [6.07, 6.45) is 2.75. The van der Waals surface area contributed by atoms with Crippen LogP contribution < -0.4 is 11.1 Å². The van der Waals surface area contributed by atoms with Crippen LogP contribution in [0.4, 0.5) is 10.1 Å². The predicted molar refractivity (Wildman–Crippen MR) is 71.3 cm³/mol. The lowest BCUT2D eigenvalue weighted by atomic mass is 9.92. The topological polar surface area (TPSA) is 75.4 Å². The summed E-state index contributed by atoms with van der Waals surface area (Å²) in [5, 5.41) is 12.5. The first kappa shape index (κ1) is 13.8. The van der Waals surface area contributed by atoms with Crippen LogP contribution in [0, 0.1) is 12.7 Å². The first-order chi connectivity index (χ1) is 8.99. The standard InChI is InChI=1S/C14H19FN2O2/c1-8-6-9(16)7-10(13(8)15)14(19)17-11-4-2-3-5-12(11)18/h6-7,11-12,18H,2-5,16H2,1H3,(H,17,19). The number of aliphatic hydroxyl groups is 1. The third kappa shape index (κ3) is 3.04. The van der Waals surface area contributed by atoms with Gasteiger partial charge in [-0.25, -0.2) is 4.39 Å².